The standard InChI is InChI=1S/C14H15Cl2N3O2/c1-8-13(14(21-3)19(2)18-8)17-11(20)7-9-5-4-6-10(15)12(9)16/h4-6H,7H2,1-3H3,(H,17,20). The number of nitrogens with zero attached hydrogens (tertiary/aromatic N) is 2. The maximum atomic E-state index is 12.2. The van der Waals surface area contributed by atoms with Crippen molar-refractivity contribution in [2.75, 3.05) is 12.4 Å². The largest absolute Gasteiger partial charge is 0.480 e. The van der Waals surface area contributed by atoms with E-state index in [4.69, 9.17) is 27.9 Å². The van der Waals surface area contributed by atoms with E-state index in [9.17, 15) is 4.79 Å². The Morgan fingerprint density at radius 2 is 2.14 bits per heavy atom. The number of benzene rings is 1. The van der Waals surface area contributed by atoms with Crippen LogP contribution in [-0.2, 0) is 18.3 Å². The fraction of sp³-hybridized carbons (Fsp3) is 0.286. The van der Waals surface area contributed by atoms with Crippen LogP contribution in [0.5, 0.6) is 5.88 Å². The molecular weight excluding hydrogens is 313 g/mol. The summed E-state index contributed by atoms with van der Waals surface area (Å²) in [6.07, 6.45) is 0.122. The molecule has 0 saturated heterocycles. The van der Waals surface area contributed by atoms with Crippen LogP contribution in [0, 0.1) is 6.92 Å². The molecule has 1 amide bonds. The van der Waals surface area contributed by atoms with Gasteiger partial charge in [0.15, 0.2) is 0 Å². The summed E-state index contributed by atoms with van der Waals surface area (Å²) in [5, 5.41) is 7.82. The lowest BCUT2D eigenvalue weighted by molar-refractivity contribution is -0.115. The highest BCUT2D eigenvalue weighted by Crippen LogP contribution is 2.29. The van der Waals surface area contributed by atoms with Gasteiger partial charge in [0.05, 0.1) is 29.3 Å². The van der Waals surface area contributed by atoms with Crippen molar-refractivity contribution >= 4 is 34.8 Å². The van der Waals surface area contributed by atoms with Crippen molar-refractivity contribution in [2.24, 2.45) is 7.05 Å². The van der Waals surface area contributed by atoms with Gasteiger partial charge >= 0.3 is 0 Å². The molecule has 1 aromatic heterocycles. The summed E-state index contributed by atoms with van der Waals surface area (Å²) < 4.78 is 6.80. The summed E-state index contributed by atoms with van der Waals surface area (Å²) in [6, 6.07) is 5.20. The van der Waals surface area contributed by atoms with Gasteiger partial charge in [-0.15, -0.1) is 0 Å². The van der Waals surface area contributed by atoms with Crippen LogP contribution < -0.4 is 10.1 Å². The number of hydrogen-bond donors (Lipinski definition) is 1. The third kappa shape index (κ3) is 3.31. The normalized spacial score (nSPS) is 10.5. The molecule has 112 valence electrons. The summed E-state index contributed by atoms with van der Waals surface area (Å²) in [6.45, 7) is 1.80. The molecule has 2 rings (SSSR count). The van der Waals surface area contributed by atoms with Gasteiger partial charge in [0, 0.05) is 7.05 Å². The first kappa shape index (κ1) is 15.7. The monoisotopic (exact) mass is 327 g/mol. The molecule has 0 atom stereocenters. The van der Waals surface area contributed by atoms with Crippen LogP contribution in [-0.4, -0.2) is 22.8 Å². The molecule has 0 spiro atoms. The third-order valence-corrected chi connectivity index (χ3v) is 3.87. The SMILES string of the molecule is COc1c(NC(=O)Cc2cccc(Cl)c2Cl)c(C)nn1C. The Morgan fingerprint density at radius 1 is 1.43 bits per heavy atom. The fourth-order valence-electron chi connectivity index (χ4n) is 2.06. The van der Waals surface area contributed by atoms with E-state index >= 15 is 0 Å². The predicted molar refractivity (Wildman–Crippen MR) is 83.3 cm³/mol. The molecule has 0 radical (unpaired) electrons. The second-order valence-corrected chi connectivity index (χ2v) is 5.32. The Hall–Kier alpha value is -1.72. The van der Waals surface area contributed by atoms with Crippen molar-refractivity contribution in [3.63, 3.8) is 0 Å². The highest BCUT2D eigenvalue weighted by molar-refractivity contribution is 6.42. The summed E-state index contributed by atoms with van der Waals surface area (Å²) >= 11 is 12.0. The van der Waals surface area contributed by atoms with Gasteiger partial charge in [-0.2, -0.15) is 5.10 Å². The average molecular weight is 328 g/mol. The summed E-state index contributed by atoms with van der Waals surface area (Å²) in [5.41, 5.74) is 1.91. The number of amides is 1. The molecule has 1 N–H and O–H groups in total. The van der Waals surface area contributed by atoms with Crippen LogP contribution in [0.2, 0.25) is 10.0 Å². The zero-order chi connectivity index (χ0) is 15.6. The number of ether oxygens (including phenoxy) is 1. The first-order valence-electron chi connectivity index (χ1n) is 6.24. The first-order chi connectivity index (χ1) is 9.93. The van der Waals surface area contributed by atoms with Gasteiger partial charge in [0.25, 0.3) is 0 Å². The lowest BCUT2D eigenvalue weighted by Crippen LogP contribution is -2.15. The maximum absolute atomic E-state index is 12.2. The molecule has 0 aliphatic carbocycles. The molecule has 7 heteroatoms. The Balaban J connectivity index is 2.18. The predicted octanol–water partition coefficient (Wildman–Crippen LogP) is 3.23. The summed E-state index contributed by atoms with van der Waals surface area (Å²) in [4.78, 5) is 12.2. The number of carbonyl (C=O) groups is 1. The van der Waals surface area contributed by atoms with E-state index in [1.54, 1.807) is 36.9 Å². The fourth-order valence-corrected chi connectivity index (χ4v) is 2.44. The molecular formula is C14H15Cl2N3O2. The van der Waals surface area contributed by atoms with Crippen molar-refractivity contribution < 1.29 is 9.53 Å². The van der Waals surface area contributed by atoms with E-state index < -0.39 is 0 Å². The van der Waals surface area contributed by atoms with Crippen LogP contribution in [0.1, 0.15) is 11.3 Å². The van der Waals surface area contributed by atoms with Crippen LogP contribution >= 0.6 is 23.2 Å². The Morgan fingerprint density at radius 3 is 2.81 bits per heavy atom. The van der Waals surface area contributed by atoms with Crippen molar-refractivity contribution in [3.8, 4) is 5.88 Å². The number of anilines is 1. The van der Waals surface area contributed by atoms with E-state index in [1.807, 2.05) is 0 Å². The minimum atomic E-state index is -0.214. The number of nitrogens with one attached hydrogen (secondary N) is 1. The Labute approximate surface area is 132 Å². The lowest BCUT2D eigenvalue weighted by atomic mass is 10.1. The molecule has 5 nitrogen and oxygen atoms in total. The Kier molecular flexibility index (Phi) is 4.75. The second-order valence-electron chi connectivity index (χ2n) is 4.53. The van der Waals surface area contributed by atoms with Gasteiger partial charge in [0.2, 0.25) is 11.8 Å². The summed E-state index contributed by atoms with van der Waals surface area (Å²) in [5.74, 6) is 0.284. The molecule has 1 heterocycles. The molecule has 1 aromatic carbocycles. The van der Waals surface area contributed by atoms with Crippen molar-refractivity contribution in [1.82, 2.24) is 9.78 Å². The highest BCUT2D eigenvalue weighted by atomic mass is 35.5. The molecule has 21 heavy (non-hydrogen) atoms. The minimum Gasteiger partial charge on any atom is -0.480 e. The van der Waals surface area contributed by atoms with Gasteiger partial charge in [-0.05, 0) is 18.6 Å². The Bertz CT molecular complexity index is 683. The molecule has 2 aromatic rings. The number of carbonyl (C=O) groups excluding carboxylic acids is 1. The molecule has 0 unspecified atom stereocenters. The first-order valence-corrected chi connectivity index (χ1v) is 7.00. The van der Waals surface area contributed by atoms with Crippen LogP contribution in [0.25, 0.3) is 0 Å². The van der Waals surface area contributed by atoms with Crippen molar-refractivity contribution in [2.45, 2.75) is 13.3 Å². The quantitative estimate of drug-likeness (QED) is 0.937. The third-order valence-electron chi connectivity index (χ3n) is 3.01. The molecule has 0 aliphatic rings. The van der Waals surface area contributed by atoms with Crippen molar-refractivity contribution in [3.05, 3.63) is 39.5 Å². The number of hydrogen-bond acceptors (Lipinski definition) is 3. The average Bonchev–Trinajstić information content (AvgIpc) is 2.69. The number of aromatic nitrogens is 2. The zero-order valence-electron chi connectivity index (χ0n) is 11.9. The van der Waals surface area contributed by atoms with E-state index in [0.717, 1.165) is 0 Å². The van der Waals surface area contributed by atoms with Gasteiger partial charge in [0.1, 0.15) is 5.69 Å². The number of aryl methyl sites for hydroxylation is 2. The van der Waals surface area contributed by atoms with E-state index in [1.165, 1.54) is 7.11 Å². The number of rotatable bonds is 4. The van der Waals surface area contributed by atoms with E-state index in [-0.39, 0.29) is 12.3 Å². The lowest BCUT2D eigenvalue weighted by Gasteiger charge is -2.08. The topological polar surface area (TPSA) is 56.1 Å². The van der Waals surface area contributed by atoms with Gasteiger partial charge in [-0.3, -0.25) is 4.79 Å². The van der Waals surface area contributed by atoms with Crippen molar-refractivity contribution in [1.29, 1.82) is 0 Å². The summed E-state index contributed by atoms with van der Waals surface area (Å²) in [7, 11) is 3.27. The number of methoxy groups -OCH3 is 1. The van der Waals surface area contributed by atoms with Crippen LogP contribution in [0.4, 0.5) is 5.69 Å². The van der Waals surface area contributed by atoms with Gasteiger partial charge in [-0.25, -0.2) is 4.68 Å². The smallest absolute Gasteiger partial charge is 0.236 e. The second kappa shape index (κ2) is 6.37. The van der Waals surface area contributed by atoms with Gasteiger partial charge < -0.3 is 10.1 Å². The molecule has 0 aliphatic heterocycles. The van der Waals surface area contributed by atoms with Crippen LogP contribution in [0.3, 0.4) is 0 Å². The molecule has 0 fully saturated rings. The van der Waals surface area contributed by atoms with E-state index in [2.05, 4.69) is 10.4 Å². The van der Waals surface area contributed by atoms with Crippen LogP contribution in [0.15, 0.2) is 18.2 Å². The number of halogens is 2. The van der Waals surface area contributed by atoms with Gasteiger partial charge in [-0.1, -0.05) is 35.3 Å². The minimum absolute atomic E-state index is 0.122. The molecule has 0 saturated carbocycles. The van der Waals surface area contributed by atoms with E-state index in [0.29, 0.717) is 32.9 Å². The molecule has 0 bridgehead atoms. The zero-order valence-corrected chi connectivity index (χ0v) is 13.4. The highest BCUT2D eigenvalue weighted by Gasteiger charge is 2.17. The maximum Gasteiger partial charge on any atom is 0.236 e.